The van der Waals surface area contributed by atoms with Crippen molar-refractivity contribution in [2.24, 2.45) is 11.8 Å². The largest absolute Gasteiger partial charge is 0.497 e. The monoisotopic (exact) mass is 450 g/mol. The molecule has 1 aliphatic carbocycles. The Kier molecular flexibility index (Phi) is 6.04. The molecule has 5 heteroatoms. The Hall–Kier alpha value is -2.79. The summed E-state index contributed by atoms with van der Waals surface area (Å²) in [6.07, 6.45) is 0.576. The molecule has 0 amide bonds. The highest BCUT2D eigenvalue weighted by Crippen LogP contribution is 2.48. The molecule has 1 heterocycles. The van der Waals surface area contributed by atoms with Gasteiger partial charge in [0.1, 0.15) is 17.6 Å². The van der Waals surface area contributed by atoms with Gasteiger partial charge in [0.05, 0.1) is 18.6 Å². The number of rotatable bonds is 6. The number of carbonyl (C=O) groups is 1. The van der Waals surface area contributed by atoms with Gasteiger partial charge in [-0.15, -0.1) is 0 Å². The zero-order chi connectivity index (χ0) is 24.1. The number of allylic oxidation sites excluding steroid dienone is 1. The molecule has 2 aliphatic rings. The van der Waals surface area contributed by atoms with E-state index in [-0.39, 0.29) is 17.9 Å². The van der Waals surface area contributed by atoms with Gasteiger partial charge in [-0.1, -0.05) is 31.2 Å². The SMILES string of the molecule is COc1ccc2cc(C(C)(CCC3C4=C(OC3C)C(C)=C(C)C(O)C4C)C(=O)O)ccc2c1. The van der Waals surface area contributed by atoms with Crippen molar-refractivity contribution in [2.45, 2.75) is 65.1 Å². The molecule has 1 aliphatic heterocycles. The molecule has 0 bridgehead atoms. The van der Waals surface area contributed by atoms with Gasteiger partial charge in [-0.05, 0) is 85.7 Å². The zero-order valence-electron chi connectivity index (χ0n) is 20.3. The third-order valence-corrected chi connectivity index (χ3v) is 7.98. The molecule has 5 unspecified atom stereocenters. The van der Waals surface area contributed by atoms with Crippen LogP contribution >= 0.6 is 0 Å². The van der Waals surface area contributed by atoms with Crippen molar-refractivity contribution in [1.82, 2.24) is 0 Å². The van der Waals surface area contributed by atoms with Gasteiger partial charge >= 0.3 is 5.97 Å². The van der Waals surface area contributed by atoms with E-state index in [0.717, 1.165) is 44.6 Å². The van der Waals surface area contributed by atoms with Crippen LogP contribution in [0.5, 0.6) is 5.75 Å². The highest BCUT2D eigenvalue weighted by atomic mass is 16.5. The lowest BCUT2D eigenvalue weighted by Gasteiger charge is -2.32. The van der Waals surface area contributed by atoms with E-state index >= 15 is 0 Å². The lowest BCUT2D eigenvalue weighted by Crippen LogP contribution is -2.34. The first-order chi connectivity index (χ1) is 15.6. The summed E-state index contributed by atoms with van der Waals surface area (Å²) in [4.78, 5) is 12.5. The van der Waals surface area contributed by atoms with Gasteiger partial charge in [0.15, 0.2) is 0 Å². The molecule has 2 aromatic carbocycles. The molecule has 5 nitrogen and oxygen atoms in total. The molecule has 4 rings (SSSR count). The Labute approximate surface area is 195 Å². The summed E-state index contributed by atoms with van der Waals surface area (Å²) >= 11 is 0. The fourth-order valence-electron chi connectivity index (χ4n) is 5.46. The third-order valence-electron chi connectivity index (χ3n) is 7.98. The highest BCUT2D eigenvalue weighted by molar-refractivity contribution is 5.88. The van der Waals surface area contributed by atoms with Gasteiger partial charge in [0.25, 0.3) is 0 Å². The Morgan fingerprint density at radius 1 is 1.12 bits per heavy atom. The van der Waals surface area contributed by atoms with E-state index in [0.29, 0.717) is 12.8 Å². The number of hydrogen-bond donors (Lipinski definition) is 2. The fraction of sp³-hybridized carbons (Fsp3) is 0.464. The van der Waals surface area contributed by atoms with Crippen molar-refractivity contribution in [2.75, 3.05) is 7.11 Å². The fourth-order valence-corrected chi connectivity index (χ4v) is 5.46. The van der Waals surface area contributed by atoms with Gasteiger partial charge < -0.3 is 19.7 Å². The second-order valence-electron chi connectivity index (χ2n) is 9.86. The van der Waals surface area contributed by atoms with E-state index in [2.05, 4.69) is 0 Å². The second-order valence-corrected chi connectivity index (χ2v) is 9.86. The van der Waals surface area contributed by atoms with E-state index < -0.39 is 17.5 Å². The van der Waals surface area contributed by atoms with Crippen LogP contribution in [0.1, 0.15) is 53.0 Å². The van der Waals surface area contributed by atoms with Gasteiger partial charge in [-0.2, -0.15) is 0 Å². The maximum Gasteiger partial charge on any atom is 0.313 e. The minimum absolute atomic E-state index is 0.0367. The van der Waals surface area contributed by atoms with Gasteiger partial charge in [0.2, 0.25) is 0 Å². The normalized spacial score (nSPS) is 26.8. The van der Waals surface area contributed by atoms with Crippen LogP contribution in [0.15, 0.2) is 58.9 Å². The van der Waals surface area contributed by atoms with Crippen LogP contribution in [0.3, 0.4) is 0 Å². The van der Waals surface area contributed by atoms with Gasteiger partial charge in [-0.25, -0.2) is 0 Å². The van der Waals surface area contributed by atoms with Crippen molar-refractivity contribution in [1.29, 1.82) is 0 Å². The second kappa shape index (κ2) is 8.53. The third kappa shape index (κ3) is 3.82. The topological polar surface area (TPSA) is 76.0 Å². The van der Waals surface area contributed by atoms with E-state index in [1.54, 1.807) is 7.11 Å². The summed E-state index contributed by atoms with van der Waals surface area (Å²) in [5.41, 5.74) is 2.86. The molecular formula is C28H34O5. The van der Waals surface area contributed by atoms with Crippen molar-refractivity contribution in [3.63, 3.8) is 0 Å². The van der Waals surface area contributed by atoms with E-state index in [9.17, 15) is 15.0 Å². The van der Waals surface area contributed by atoms with Crippen LogP contribution in [0, 0.1) is 11.8 Å². The molecule has 176 valence electrons. The van der Waals surface area contributed by atoms with E-state index in [4.69, 9.17) is 9.47 Å². The number of aliphatic hydroxyl groups excluding tert-OH is 1. The Morgan fingerprint density at radius 3 is 2.45 bits per heavy atom. The van der Waals surface area contributed by atoms with Crippen LogP contribution in [-0.2, 0) is 14.9 Å². The molecular weight excluding hydrogens is 416 g/mol. The number of hydrogen-bond acceptors (Lipinski definition) is 4. The quantitative estimate of drug-likeness (QED) is 0.599. The summed E-state index contributed by atoms with van der Waals surface area (Å²) in [7, 11) is 1.64. The van der Waals surface area contributed by atoms with Gasteiger partial charge in [0, 0.05) is 11.8 Å². The summed E-state index contributed by atoms with van der Waals surface area (Å²) in [5, 5.41) is 23.0. The molecule has 0 radical (unpaired) electrons. The molecule has 0 fully saturated rings. The average Bonchev–Trinajstić information content (AvgIpc) is 3.15. The highest BCUT2D eigenvalue weighted by Gasteiger charge is 2.44. The Balaban J connectivity index is 1.64. The van der Waals surface area contributed by atoms with Crippen LogP contribution in [0.4, 0.5) is 0 Å². The number of ether oxygens (including phenoxy) is 2. The molecule has 2 N–H and O–H groups in total. The first-order valence-corrected chi connectivity index (χ1v) is 11.7. The van der Waals surface area contributed by atoms with Crippen LogP contribution in [-0.4, -0.2) is 35.5 Å². The lowest BCUT2D eigenvalue weighted by molar-refractivity contribution is -0.143. The molecule has 0 saturated carbocycles. The molecule has 0 saturated heterocycles. The molecule has 5 atom stereocenters. The van der Waals surface area contributed by atoms with Crippen molar-refractivity contribution in [3.05, 3.63) is 64.4 Å². The van der Waals surface area contributed by atoms with Crippen LogP contribution < -0.4 is 4.74 Å². The number of benzene rings is 2. The maximum atomic E-state index is 12.5. The number of carboxylic acid groups (broad SMARTS) is 1. The lowest BCUT2D eigenvalue weighted by atomic mass is 9.71. The Bertz CT molecular complexity index is 1160. The predicted octanol–water partition coefficient (Wildman–Crippen LogP) is 5.61. The number of fused-ring (bicyclic) bond motifs is 1. The van der Waals surface area contributed by atoms with Crippen LogP contribution in [0.25, 0.3) is 10.8 Å². The smallest absolute Gasteiger partial charge is 0.313 e. The molecule has 0 aromatic heterocycles. The van der Waals surface area contributed by atoms with Crippen molar-refractivity contribution in [3.8, 4) is 5.75 Å². The summed E-state index contributed by atoms with van der Waals surface area (Å²) in [6, 6.07) is 11.7. The Morgan fingerprint density at radius 2 is 1.79 bits per heavy atom. The molecule has 0 spiro atoms. The van der Waals surface area contributed by atoms with Crippen molar-refractivity contribution >= 4 is 16.7 Å². The number of methoxy groups -OCH3 is 1. The van der Waals surface area contributed by atoms with E-state index in [1.807, 2.05) is 71.0 Å². The molecule has 2 aromatic rings. The van der Waals surface area contributed by atoms with E-state index in [1.165, 1.54) is 0 Å². The first-order valence-electron chi connectivity index (χ1n) is 11.7. The van der Waals surface area contributed by atoms with Crippen LogP contribution in [0.2, 0.25) is 0 Å². The van der Waals surface area contributed by atoms with Gasteiger partial charge in [-0.3, -0.25) is 4.79 Å². The standard InChI is InChI=1S/C28H34O5/c1-15-16(2)26-24(17(3)25(15)29)23(18(4)33-26)11-12-28(5,27(30)31)21-9-7-20-14-22(32-6)10-8-19(20)13-21/h7-10,13-14,17-18,23,25,29H,11-12H2,1-6H3,(H,30,31). The van der Waals surface area contributed by atoms with Crippen molar-refractivity contribution < 1.29 is 24.5 Å². The number of aliphatic hydroxyl groups is 1. The zero-order valence-corrected chi connectivity index (χ0v) is 20.3. The minimum atomic E-state index is -1.03. The molecule has 33 heavy (non-hydrogen) atoms. The number of carboxylic acids is 1. The number of aliphatic carboxylic acids is 1. The predicted molar refractivity (Wildman–Crippen MR) is 129 cm³/mol. The average molecular weight is 451 g/mol. The summed E-state index contributed by atoms with van der Waals surface area (Å²) in [5.74, 6) is 0.889. The minimum Gasteiger partial charge on any atom is -0.497 e. The maximum absolute atomic E-state index is 12.5. The summed E-state index contributed by atoms with van der Waals surface area (Å²) in [6.45, 7) is 9.85. The summed E-state index contributed by atoms with van der Waals surface area (Å²) < 4.78 is 11.5. The first kappa shape index (κ1) is 23.4.